The summed E-state index contributed by atoms with van der Waals surface area (Å²) in [4.78, 5) is 22.5. The van der Waals surface area contributed by atoms with Crippen molar-refractivity contribution >= 4 is 23.6 Å². The van der Waals surface area contributed by atoms with Gasteiger partial charge in [0.1, 0.15) is 0 Å². The number of carbonyl (C=O) groups is 2. The van der Waals surface area contributed by atoms with Gasteiger partial charge in [0.25, 0.3) is 0 Å². The quantitative estimate of drug-likeness (QED) is 0.840. The van der Waals surface area contributed by atoms with Gasteiger partial charge in [0.05, 0.1) is 11.1 Å². The van der Waals surface area contributed by atoms with Gasteiger partial charge in [-0.05, 0) is 29.6 Å². The highest BCUT2D eigenvalue weighted by molar-refractivity contribution is 7.98. The number of carbonyl (C=O) groups excluding carboxylic acids is 1. The first-order chi connectivity index (χ1) is 7.99. The summed E-state index contributed by atoms with van der Waals surface area (Å²) in [7, 11) is 0. The van der Waals surface area contributed by atoms with Crippen molar-refractivity contribution in [3.05, 3.63) is 34.9 Å². The highest BCUT2D eigenvalue weighted by atomic mass is 32.2. The molecule has 4 nitrogen and oxygen atoms in total. The van der Waals surface area contributed by atoms with Crippen LogP contribution in [0, 0.1) is 0 Å². The first-order valence-electron chi connectivity index (χ1n) is 5.14. The summed E-state index contributed by atoms with van der Waals surface area (Å²) < 4.78 is 0. The molecule has 0 aromatic heterocycles. The Morgan fingerprint density at radius 3 is 2.59 bits per heavy atom. The molecule has 0 unspecified atom stereocenters. The number of carboxylic acids is 1. The number of thioether (sulfide) groups is 1. The van der Waals surface area contributed by atoms with Crippen LogP contribution in [0.5, 0.6) is 0 Å². The molecule has 0 bridgehead atoms. The lowest BCUT2D eigenvalue weighted by Crippen LogP contribution is -2.20. The van der Waals surface area contributed by atoms with Crippen LogP contribution >= 0.6 is 11.8 Å². The maximum Gasteiger partial charge on any atom is 0.336 e. The fraction of sp³-hybridized carbons (Fsp3) is 0.333. The van der Waals surface area contributed by atoms with E-state index in [1.807, 2.05) is 13.2 Å². The number of nitrogens with two attached hydrogens (primary N) is 1. The first-order valence-corrected chi connectivity index (χ1v) is 6.53. The molecule has 0 radical (unpaired) electrons. The normalized spacial score (nSPS) is 12.1. The van der Waals surface area contributed by atoms with Crippen molar-refractivity contribution < 1.29 is 14.7 Å². The summed E-state index contributed by atoms with van der Waals surface area (Å²) in [5, 5.41) is 9.04. The zero-order valence-electron chi connectivity index (χ0n) is 9.77. The highest BCUT2D eigenvalue weighted by Crippen LogP contribution is 2.25. The lowest BCUT2D eigenvalue weighted by atomic mass is 9.93. The van der Waals surface area contributed by atoms with Crippen molar-refractivity contribution in [3.63, 3.8) is 0 Å². The van der Waals surface area contributed by atoms with E-state index >= 15 is 0 Å². The second-order valence-electron chi connectivity index (χ2n) is 3.80. The Hall–Kier alpha value is -1.49. The standard InChI is InChI=1S/C12H15NO3S/c1-7(6-17-2)8-4-3-5-9(12(15)16)10(8)11(13)14/h3-5,7H,6H2,1-2H3,(H2,13,14)(H,15,16)/t7-/m1/s1. The molecule has 0 aliphatic heterocycles. The van der Waals surface area contributed by atoms with Gasteiger partial charge in [0.2, 0.25) is 5.91 Å². The predicted molar refractivity (Wildman–Crippen MR) is 68.7 cm³/mol. The Labute approximate surface area is 104 Å². The SMILES string of the molecule is CSC[C@@H](C)c1cccc(C(=O)O)c1C(N)=O. The maximum atomic E-state index is 11.4. The summed E-state index contributed by atoms with van der Waals surface area (Å²) >= 11 is 1.64. The molecule has 0 aliphatic rings. The smallest absolute Gasteiger partial charge is 0.336 e. The van der Waals surface area contributed by atoms with E-state index in [2.05, 4.69) is 0 Å². The second-order valence-corrected chi connectivity index (χ2v) is 4.71. The van der Waals surface area contributed by atoms with Crippen LogP contribution in [0.2, 0.25) is 0 Å². The van der Waals surface area contributed by atoms with Crippen LogP contribution < -0.4 is 5.73 Å². The lowest BCUT2D eigenvalue weighted by Gasteiger charge is -2.15. The van der Waals surface area contributed by atoms with E-state index in [-0.39, 0.29) is 17.0 Å². The molecule has 1 rings (SSSR count). The van der Waals surface area contributed by atoms with E-state index in [0.29, 0.717) is 5.56 Å². The van der Waals surface area contributed by atoms with Crippen LogP contribution in [0.15, 0.2) is 18.2 Å². The number of amides is 1. The van der Waals surface area contributed by atoms with Crippen LogP contribution in [-0.4, -0.2) is 29.0 Å². The van der Waals surface area contributed by atoms with Gasteiger partial charge in [-0.3, -0.25) is 4.79 Å². The van der Waals surface area contributed by atoms with Gasteiger partial charge in [-0.15, -0.1) is 0 Å². The summed E-state index contributed by atoms with van der Waals surface area (Å²) in [6, 6.07) is 4.80. The molecule has 1 amide bonds. The van der Waals surface area contributed by atoms with Crippen LogP contribution in [0.4, 0.5) is 0 Å². The predicted octanol–water partition coefficient (Wildman–Crippen LogP) is 1.95. The summed E-state index contributed by atoms with van der Waals surface area (Å²) in [6.45, 7) is 1.95. The number of carboxylic acid groups (broad SMARTS) is 1. The average molecular weight is 253 g/mol. The molecule has 0 heterocycles. The van der Waals surface area contributed by atoms with Gasteiger partial charge < -0.3 is 10.8 Å². The van der Waals surface area contributed by atoms with Crippen molar-refractivity contribution in [2.24, 2.45) is 5.73 Å². The fourth-order valence-electron chi connectivity index (χ4n) is 1.77. The van der Waals surface area contributed by atoms with E-state index in [1.165, 1.54) is 6.07 Å². The molecule has 0 aliphatic carbocycles. The Morgan fingerprint density at radius 2 is 2.12 bits per heavy atom. The molecule has 1 aromatic rings. The third-order valence-electron chi connectivity index (χ3n) is 2.52. The van der Waals surface area contributed by atoms with Crippen molar-refractivity contribution in [1.82, 2.24) is 0 Å². The van der Waals surface area contributed by atoms with Crippen molar-refractivity contribution in [2.75, 3.05) is 12.0 Å². The number of hydrogen-bond acceptors (Lipinski definition) is 3. The van der Waals surface area contributed by atoms with E-state index in [4.69, 9.17) is 10.8 Å². The average Bonchev–Trinajstić information content (AvgIpc) is 2.28. The third-order valence-corrected chi connectivity index (χ3v) is 3.35. The van der Waals surface area contributed by atoms with Crippen LogP contribution in [0.3, 0.4) is 0 Å². The van der Waals surface area contributed by atoms with Crippen molar-refractivity contribution in [1.29, 1.82) is 0 Å². The number of hydrogen-bond donors (Lipinski definition) is 2. The molecule has 1 atom stereocenters. The molecule has 0 spiro atoms. The molecule has 0 saturated heterocycles. The number of aromatic carboxylic acids is 1. The first kappa shape index (κ1) is 13.6. The minimum atomic E-state index is -1.13. The Morgan fingerprint density at radius 1 is 1.47 bits per heavy atom. The van der Waals surface area contributed by atoms with Crippen molar-refractivity contribution in [2.45, 2.75) is 12.8 Å². The van der Waals surface area contributed by atoms with Crippen LogP contribution in [-0.2, 0) is 0 Å². The maximum absolute atomic E-state index is 11.4. The van der Waals surface area contributed by atoms with E-state index in [9.17, 15) is 9.59 Å². The minimum absolute atomic E-state index is 0.0250. The Bertz CT molecular complexity index is 445. The minimum Gasteiger partial charge on any atom is -0.478 e. The zero-order valence-corrected chi connectivity index (χ0v) is 10.6. The van der Waals surface area contributed by atoms with Crippen LogP contribution in [0.1, 0.15) is 39.1 Å². The lowest BCUT2D eigenvalue weighted by molar-refractivity contribution is 0.0692. The molecule has 5 heteroatoms. The van der Waals surface area contributed by atoms with E-state index in [1.54, 1.807) is 23.9 Å². The van der Waals surface area contributed by atoms with Gasteiger partial charge in [-0.25, -0.2) is 4.79 Å². The van der Waals surface area contributed by atoms with Crippen molar-refractivity contribution in [3.8, 4) is 0 Å². The number of rotatable bonds is 5. The van der Waals surface area contributed by atoms with E-state index < -0.39 is 11.9 Å². The molecular formula is C12H15NO3S. The Balaban J connectivity index is 3.34. The monoisotopic (exact) mass is 253 g/mol. The van der Waals surface area contributed by atoms with Gasteiger partial charge in [-0.2, -0.15) is 11.8 Å². The summed E-state index contributed by atoms with van der Waals surface area (Å²) in [5.41, 5.74) is 6.08. The summed E-state index contributed by atoms with van der Waals surface area (Å²) in [6.07, 6.45) is 1.96. The molecule has 1 aromatic carbocycles. The summed E-state index contributed by atoms with van der Waals surface area (Å²) in [5.74, 6) is -0.918. The van der Waals surface area contributed by atoms with Gasteiger partial charge in [-0.1, -0.05) is 19.1 Å². The zero-order chi connectivity index (χ0) is 13.0. The molecular weight excluding hydrogens is 238 g/mol. The molecule has 3 N–H and O–H groups in total. The molecule has 92 valence electrons. The third kappa shape index (κ3) is 3.00. The molecule has 0 saturated carbocycles. The Kier molecular flexibility index (Phi) is 4.57. The largest absolute Gasteiger partial charge is 0.478 e. The molecule has 17 heavy (non-hydrogen) atoms. The second kappa shape index (κ2) is 5.72. The number of benzene rings is 1. The topological polar surface area (TPSA) is 80.4 Å². The van der Waals surface area contributed by atoms with E-state index in [0.717, 1.165) is 5.75 Å². The number of primary amides is 1. The molecule has 0 fully saturated rings. The van der Waals surface area contributed by atoms with Gasteiger partial charge in [0, 0.05) is 0 Å². The fourth-order valence-corrected chi connectivity index (χ4v) is 2.45. The van der Waals surface area contributed by atoms with Crippen LogP contribution in [0.25, 0.3) is 0 Å². The van der Waals surface area contributed by atoms with Gasteiger partial charge in [0.15, 0.2) is 0 Å². The highest BCUT2D eigenvalue weighted by Gasteiger charge is 2.21. The van der Waals surface area contributed by atoms with Gasteiger partial charge >= 0.3 is 5.97 Å².